The Labute approximate surface area is 162 Å². The quantitative estimate of drug-likeness (QED) is 0.455. The van der Waals surface area contributed by atoms with Gasteiger partial charge in [0.2, 0.25) is 10.9 Å². The van der Waals surface area contributed by atoms with Crippen LogP contribution < -0.4 is 10.3 Å². The van der Waals surface area contributed by atoms with E-state index in [4.69, 9.17) is 9.15 Å². The highest BCUT2D eigenvalue weighted by Crippen LogP contribution is 2.22. The summed E-state index contributed by atoms with van der Waals surface area (Å²) in [6.45, 7) is 1.84. The van der Waals surface area contributed by atoms with Crippen LogP contribution >= 0.6 is 23.1 Å². The fourth-order valence-electron chi connectivity index (χ4n) is 2.45. The molecule has 0 amide bonds. The number of methoxy groups -OCH3 is 1. The van der Waals surface area contributed by atoms with Gasteiger partial charge in [-0.1, -0.05) is 35.2 Å². The SMILES string of the molecule is COc1ccc(Cc2nnc(SCc3cc(=O)n4nc(C)sc4n3)o2)cc1. The minimum Gasteiger partial charge on any atom is -0.497 e. The van der Waals surface area contributed by atoms with Gasteiger partial charge in [0.25, 0.3) is 10.8 Å². The summed E-state index contributed by atoms with van der Waals surface area (Å²) < 4.78 is 12.1. The van der Waals surface area contributed by atoms with E-state index in [0.717, 1.165) is 16.3 Å². The molecule has 4 aromatic rings. The molecule has 0 bridgehead atoms. The van der Waals surface area contributed by atoms with Crippen molar-refractivity contribution in [2.24, 2.45) is 0 Å². The van der Waals surface area contributed by atoms with E-state index in [1.807, 2.05) is 31.2 Å². The molecule has 0 spiro atoms. The van der Waals surface area contributed by atoms with Gasteiger partial charge >= 0.3 is 0 Å². The maximum absolute atomic E-state index is 12.1. The van der Waals surface area contributed by atoms with Crippen molar-refractivity contribution in [2.45, 2.75) is 24.3 Å². The smallest absolute Gasteiger partial charge is 0.276 e. The van der Waals surface area contributed by atoms with Crippen molar-refractivity contribution >= 4 is 28.1 Å². The lowest BCUT2D eigenvalue weighted by Gasteiger charge is -2.00. The molecule has 10 heteroatoms. The van der Waals surface area contributed by atoms with Crippen molar-refractivity contribution in [2.75, 3.05) is 7.11 Å². The van der Waals surface area contributed by atoms with Gasteiger partial charge in [0.1, 0.15) is 10.8 Å². The van der Waals surface area contributed by atoms with Crippen LogP contribution in [0.2, 0.25) is 0 Å². The highest BCUT2D eigenvalue weighted by molar-refractivity contribution is 7.98. The number of hydrogen-bond acceptors (Lipinski definition) is 9. The number of fused-ring (bicyclic) bond motifs is 1. The van der Waals surface area contributed by atoms with E-state index < -0.39 is 0 Å². The zero-order valence-corrected chi connectivity index (χ0v) is 16.2. The Hall–Kier alpha value is -2.72. The fourth-order valence-corrected chi connectivity index (χ4v) is 3.89. The number of nitrogens with zero attached hydrogens (tertiary/aromatic N) is 5. The van der Waals surface area contributed by atoms with Gasteiger partial charge in [-0.2, -0.15) is 9.61 Å². The summed E-state index contributed by atoms with van der Waals surface area (Å²) in [4.78, 5) is 17.1. The summed E-state index contributed by atoms with van der Waals surface area (Å²) in [5, 5.41) is 13.5. The van der Waals surface area contributed by atoms with E-state index in [-0.39, 0.29) is 5.56 Å². The first kappa shape index (κ1) is 17.7. The third kappa shape index (κ3) is 4.01. The summed E-state index contributed by atoms with van der Waals surface area (Å²) >= 11 is 2.73. The van der Waals surface area contributed by atoms with Crippen molar-refractivity contribution in [1.29, 1.82) is 0 Å². The Morgan fingerprint density at radius 3 is 2.85 bits per heavy atom. The molecule has 0 aliphatic rings. The van der Waals surface area contributed by atoms with Crippen molar-refractivity contribution in [3.05, 3.63) is 62.8 Å². The molecule has 0 aliphatic carbocycles. The molecule has 0 unspecified atom stereocenters. The molecule has 3 aromatic heterocycles. The zero-order valence-electron chi connectivity index (χ0n) is 14.6. The summed E-state index contributed by atoms with van der Waals surface area (Å²) in [6, 6.07) is 9.18. The molecule has 1 aromatic carbocycles. The number of rotatable bonds is 6. The van der Waals surface area contributed by atoms with E-state index in [2.05, 4.69) is 20.3 Å². The topological polar surface area (TPSA) is 95.4 Å². The molecule has 0 aliphatic heterocycles. The number of ether oxygens (including phenoxy) is 1. The van der Waals surface area contributed by atoms with Crippen LogP contribution in [-0.2, 0) is 12.2 Å². The van der Waals surface area contributed by atoms with E-state index >= 15 is 0 Å². The summed E-state index contributed by atoms with van der Waals surface area (Å²) in [5.41, 5.74) is 1.52. The van der Waals surface area contributed by atoms with Gasteiger partial charge in [-0.15, -0.1) is 10.2 Å². The second-order valence-corrected chi connectivity index (χ2v) is 7.76. The van der Waals surface area contributed by atoms with Crippen molar-refractivity contribution in [3.8, 4) is 5.75 Å². The van der Waals surface area contributed by atoms with Gasteiger partial charge in [-0.25, -0.2) is 4.98 Å². The maximum atomic E-state index is 12.1. The van der Waals surface area contributed by atoms with Crippen LogP contribution in [-0.4, -0.2) is 31.9 Å². The van der Waals surface area contributed by atoms with Crippen LogP contribution in [0.3, 0.4) is 0 Å². The Morgan fingerprint density at radius 2 is 2.07 bits per heavy atom. The highest BCUT2D eigenvalue weighted by Gasteiger charge is 2.11. The number of benzene rings is 1. The highest BCUT2D eigenvalue weighted by atomic mass is 32.2. The first-order valence-corrected chi connectivity index (χ1v) is 9.85. The molecular formula is C17H15N5O3S2. The number of thioether (sulfide) groups is 1. The van der Waals surface area contributed by atoms with E-state index in [0.29, 0.717) is 33.9 Å². The number of aryl methyl sites for hydroxylation is 1. The molecule has 27 heavy (non-hydrogen) atoms. The Morgan fingerprint density at radius 1 is 1.26 bits per heavy atom. The lowest BCUT2D eigenvalue weighted by atomic mass is 10.1. The van der Waals surface area contributed by atoms with Crippen molar-refractivity contribution < 1.29 is 9.15 Å². The molecule has 0 radical (unpaired) electrons. The number of aromatic nitrogens is 5. The van der Waals surface area contributed by atoms with Crippen LogP contribution in [0, 0.1) is 6.92 Å². The van der Waals surface area contributed by atoms with Crippen LogP contribution in [0.15, 0.2) is 44.8 Å². The van der Waals surface area contributed by atoms with E-state index in [9.17, 15) is 4.79 Å². The second kappa shape index (κ2) is 7.49. The van der Waals surface area contributed by atoms with Crippen molar-refractivity contribution in [1.82, 2.24) is 24.8 Å². The van der Waals surface area contributed by atoms with E-state index in [1.165, 1.54) is 33.7 Å². The predicted molar refractivity (Wildman–Crippen MR) is 102 cm³/mol. The Kier molecular flexibility index (Phi) is 4.90. The molecule has 4 rings (SSSR count). The standard InChI is InChI=1S/C17H15N5O3S2/c1-10-21-22-15(23)8-12(18-16(22)27-10)9-26-17-20-19-14(25-17)7-11-3-5-13(24-2)6-4-11/h3-6,8H,7,9H2,1-2H3. The fraction of sp³-hybridized carbons (Fsp3) is 0.235. The lowest BCUT2D eigenvalue weighted by molar-refractivity contribution is 0.413. The number of hydrogen-bond donors (Lipinski definition) is 0. The molecule has 0 N–H and O–H groups in total. The Bertz CT molecular complexity index is 1130. The summed E-state index contributed by atoms with van der Waals surface area (Å²) in [6.07, 6.45) is 0.545. The summed E-state index contributed by atoms with van der Waals surface area (Å²) in [7, 11) is 1.63. The van der Waals surface area contributed by atoms with Crippen LogP contribution in [0.25, 0.3) is 4.96 Å². The van der Waals surface area contributed by atoms with E-state index in [1.54, 1.807) is 7.11 Å². The van der Waals surface area contributed by atoms with Gasteiger partial charge in [0.15, 0.2) is 0 Å². The average molecular weight is 401 g/mol. The van der Waals surface area contributed by atoms with Crippen molar-refractivity contribution in [3.63, 3.8) is 0 Å². The molecule has 0 saturated carbocycles. The first-order chi connectivity index (χ1) is 13.1. The van der Waals surface area contributed by atoms with Gasteiger partial charge in [0.05, 0.1) is 19.2 Å². The van der Waals surface area contributed by atoms with Gasteiger partial charge in [-0.05, 0) is 24.6 Å². The molecule has 0 fully saturated rings. The molecule has 0 saturated heterocycles. The largest absolute Gasteiger partial charge is 0.497 e. The van der Waals surface area contributed by atoms with Crippen LogP contribution in [0.4, 0.5) is 0 Å². The van der Waals surface area contributed by atoms with Gasteiger partial charge in [-0.3, -0.25) is 4.79 Å². The van der Waals surface area contributed by atoms with Gasteiger partial charge in [0, 0.05) is 11.8 Å². The molecule has 3 heterocycles. The molecule has 0 atom stereocenters. The molecule has 138 valence electrons. The molecular weight excluding hydrogens is 386 g/mol. The zero-order chi connectivity index (χ0) is 18.8. The maximum Gasteiger partial charge on any atom is 0.276 e. The monoisotopic (exact) mass is 401 g/mol. The second-order valence-electron chi connectivity index (χ2n) is 5.68. The van der Waals surface area contributed by atoms with Crippen LogP contribution in [0.1, 0.15) is 22.2 Å². The molecule has 8 nitrogen and oxygen atoms in total. The third-order valence-corrected chi connectivity index (χ3v) is 5.38. The summed E-state index contributed by atoms with van der Waals surface area (Å²) in [5.74, 6) is 1.80. The first-order valence-electron chi connectivity index (χ1n) is 8.05. The van der Waals surface area contributed by atoms with Crippen LogP contribution in [0.5, 0.6) is 5.75 Å². The minimum atomic E-state index is -0.189. The minimum absolute atomic E-state index is 0.189. The lowest BCUT2D eigenvalue weighted by Crippen LogP contribution is -2.15. The predicted octanol–water partition coefficient (Wildman–Crippen LogP) is 2.73. The normalized spacial score (nSPS) is 11.2. The average Bonchev–Trinajstić information content (AvgIpc) is 3.26. The Balaban J connectivity index is 1.42. The third-order valence-electron chi connectivity index (χ3n) is 3.71. The van der Waals surface area contributed by atoms with Gasteiger partial charge < -0.3 is 9.15 Å².